The molecule has 0 radical (unpaired) electrons. The van der Waals surface area contributed by atoms with Gasteiger partial charge in [-0.05, 0) is 43.7 Å². The van der Waals surface area contributed by atoms with Crippen molar-refractivity contribution in [2.24, 2.45) is 0 Å². The Labute approximate surface area is 181 Å². The van der Waals surface area contributed by atoms with E-state index in [0.717, 1.165) is 70.6 Å². The molecule has 2 aromatic carbocycles. The molecular weight excluding hydrogens is 398 g/mol. The van der Waals surface area contributed by atoms with E-state index in [2.05, 4.69) is 6.07 Å². The van der Waals surface area contributed by atoms with Gasteiger partial charge in [-0.2, -0.15) is 0 Å². The van der Waals surface area contributed by atoms with Crippen LogP contribution in [0.3, 0.4) is 0 Å². The number of aryl methyl sites for hydroxylation is 2. The first-order valence-electron chi connectivity index (χ1n) is 10.3. The predicted molar refractivity (Wildman–Crippen MR) is 120 cm³/mol. The summed E-state index contributed by atoms with van der Waals surface area (Å²) in [7, 11) is 1.66. The molecule has 158 valence electrons. The van der Waals surface area contributed by atoms with E-state index in [0.29, 0.717) is 6.54 Å². The van der Waals surface area contributed by atoms with Crippen LogP contribution in [0.5, 0.6) is 5.75 Å². The number of aromatic nitrogens is 1. The zero-order chi connectivity index (χ0) is 21.1. The minimum atomic E-state index is 0.00572. The lowest BCUT2D eigenvalue weighted by atomic mass is 10.0. The first-order valence-corrected chi connectivity index (χ1v) is 11.1. The number of methoxy groups -OCH3 is 1. The molecule has 1 amide bonds. The topological polar surface area (TPSA) is 56.1 Å². The highest BCUT2D eigenvalue weighted by Crippen LogP contribution is 2.32. The van der Waals surface area contributed by atoms with Gasteiger partial charge in [-0.15, -0.1) is 0 Å². The van der Waals surface area contributed by atoms with E-state index in [9.17, 15) is 4.79 Å². The lowest BCUT2D eigenvalue weighted by molar-refractivity contribution is -0.906. The van der Waals surface area contributed by atoms with Crippen molar-refractivity contribution >= 4 is 32.6 Å². The molecule has 0 atom stereocenters. The van der Waals surface area contributed by atoms with Crippen LogP contribution in [0.2, 0.25) is 0 Å². The van der Waals surface area contributed by atoms with Crippen molar-refractivity contribution in [1.82, 2.24) is 4.98 Å². The number of morpholine rings is 1. The van der Waals surface area contributed by atoms with Crippen LogP contribution < -0.4 is 14.5 Å². The van der Waals surface area contributed by atoms with Gasteiger partial charge in [0.05, 0.1) is 43.6 Å². The Hall–Kier alpha value is -2.48. The molecular formula is C23H28N3O3S+. The molecule has 4 rings (SSSR count). The van der Waals surface area contributed by atoms with Crippen molar-refractivity contribution in [3.05, 3.63) is 53.1 Å². The molecule has 1 aromatic heterocycles. The summed E-state index contributed by atoms with van der Waals surface area (Å²) in [6.07, 6.45) is 0. The fourth-order valence-corrected chi connectivity index (χ4v) is 4.82. The summed E-state index contributed by atoms with van der Waals surface area (Å²) in [5.41, 5.74) is 3.76. The summed E-state index contributed by atoms with van der Waals surface area (Å²) < 4.78 is 11.8. The van der Waals surface area contributed by atoms with Gasteiger partial charge in [0.15, 0.2) is 5.13 Å². The average molecular weight is 427 g/mol. The molecule has 1 aliphatic heterocycles. The smallest absolute Gasteiger partial charge is 0.260 e. The Balaban J connectivity index is 1.66. The summed E-state index contributed by atoms with van der Waals surface area (Å²) >= 11 is 1.53. The molecule has 0 spiro atoms. The molecule has 0 bridgehead atoms. The minimum absolute atomic E-state index is 0.00572. The molecule has 0 aliphatic carbocycles. The molecule has 1 saturated heterocycles. The van der Waals surface area contributed by atoms with Crippen LogP contribution in [0.15, 0.2) is 36.4 Å². The fourth-order valence-electron chi connectivity index (χ4n) is 3.80. The minimum Gasteiger partial charge on any atom is -0.497 e. The number of nitrogens with zero attached hydrogens (tertiary/aromatic N) is 2. The zero-order valence-corrected chi connectivity index (χ0v) is 18.6. The number of rotatable bonds is 6. The van der Waals surface area contributed by atoms with Crippen molar-refractivity contribution in [1.29, 1.82) is 0 Å². The summed E-state index contributed by atoms with van der Waals surface area (Å²) in [6, 6.07) is 11.8. The third-order valence-electron chi connectivity index (χ3n) is 5.56. The highest BCUT2D eigenvalue weighted by molar-refractivity contribution is 7.22. The largest absolute Gasteiger partial charge is 0.497 e. The number of benzene rings is 2. The van der Waals surface area contributed by atoms with Gasteiger partial charge >= 0.3 is 0 Å². The summed E-state index contributed by atoms with van der Waals surface area (Å²) in [6.45, 7) is 9.04. The van der Waals surface area contributed by atoms with Crippen LogP contribution in [0, 0.1) is 13.8 Å². The molecule has 3 aromatic rings. The Morgan fingerprint density at radius 2 is 2.00 bits per heavy atom. The second kappa shape index (κ2) is 9.12. The maximum atomic E-state index is 13.6. The van der Waals surface area contributed by atoms with Crippen molar-refractivity contribution in [3.8, 4) is 5.75 Å². The van der Waals surface area contributed by atoms with E-state index in [-0.39, 0.29) is 5.91 Å². The molecule has 1 aliphatic rings. The summed E-state index contributed by atoms with van der Waals surface area (Å²) in [4.78, 5) is 21.7. The number of ether oxygens (including phenoxy) is 2. The van der Waals surface area contributed by atoms with Crippen LogP contribution in [0.25, 0.3) is 10.2 Å². The number of nitrogens with one attached hydrogen (secondary N) is 1. The van der Waals surface area contributed by atoms with Gasteiger partial charge in [0, 0.05) is 5.56 Å². The molecule has 1 fully saturated rings. The standard InChI is InChI=1S/C23H27N3O3S/c1-16-4-6-19(17(2)14-16)22(27)26(9-8-25-10-12-29-13-11-25)23-24-20-7-5-18(28-3)15-21(20)30-23/h4-7,14-15H,8-13H2,1-3H3/p+1. The number of quaternary nitrogens is 1. The van der Waals surface area contributed by atoms with Crippen molar-refractivity contribution in [3.63, 3.8) is 0 Å². The van der Waals surface area contributed by atoms with Crippen LogP contribution in [-0.4, -0.2) is 57.4 Å². The molecule has 7 heteroatoms. The summed E-state index contributed by atoms with van der Waals surface area (Å²) in [5, 5.41) is 0.732. The van der Waals surface area contributed by atoms with E-state index < -0.39 is 0 Å². The van der Waals surface area contributed by atoms with E-state index >= 15 is 0 Å². The second-order valence-electron chi connectivity index (χ2n) is 7.72. The summed E-state index contributed by atoms with van der Waals surface area (Å²) in [5.74, 6) is 0.800. The molecule has 1 N–H and O–H groups in total. The van der Waals surface area contributed by atoms with Gasteiger partial charge in [-0.25, -0.2) is 4.98 Å². The van der Waals surface area contributed by atoms with Gasteiger partial charge in [-0.1, -0.05) is 29.0 Å². The average Bonchev–Trinajstić information content (AvgIpc) is 3.17. The van der Waals surface area contributed by atoms with Crippen LogP contribution in [-0.2, 0) is 4.74 Å². The van der Waals surface area contributed by atoms with Gasteiger partial charge < -0.3 is 14.4 Å². The quantitative estimate of drug-likeness (QED) is 0.658. The van der Waals surface area contributed by atoms with Gasteiger partial charge in [0.2, 0.25) is 0 Å². The maximum absolute atomic E-state index is 13.6. The molecule has 6 nitrogen and oxygen atoms in total. The molecule has 30 heavy (non-hydrogen) atoms. The van der Waals surface area contributed by atoms with Crippen molar-refractivity contribution < 1.29 is 19.2 Å². The fraction of sp³-hybridized carbons (Fsp3) is 0.391. The predicted octanol–water partition coefficient (Wildman–Crippen LogP) is 2.48. The van der Waals surface area contributed by atoms with Crippen molar-refractivity contribution in [2.75, 3.05) is 51.4 Å². The van der Waals surface area contributed by atoms with Gasteiger partial charge in [0.1, 0.15) is 18.8 Å². The monoisotopic (exact) mass is 426 g/mol. The Morgan fingerprint density at radius 3 is 2.73 bits per heavy atom. The number of hydrogen-bond donors (Lipinski definition) is 1. The lowest BCUT2D eigenvalue weighted by Crippen LogP contribution is -3.14. The van der Waals surface area contributed by atoms with Gasteiger partial charge in [0.25, 0.3) is 5.91 Å². The Bertz CT molecular complexity index is 1040. The Kier molecular flexibility index (Phi) is 6.32. The number of anilines is 1. The lowest BCUT2D eigenvalue weighted by Gasteiger charge is -2.27. The molecule has 0 saturated carbocycles. The SMILES string of the molecule is COc1ccc2nc(N(CC[NH+]3CCOCC3)C(=O)c3ccc(C)cc3C)sc2c1. The first-order chi connectivity index (χ1) is 14.5. The van der Waals surface area contributed by atoms with E-state index in [4.69, 9.17) is 14.5 Å². The third kappa shape index (κ3) is 4.48. The van der Waals surface area contributed by atoms with Gasteiger partial charge in [-0.3, -0.25) is 9.69 Å². The number of amides is 1. The van der Waals surface area contributed by atoms with Crippen molar-refractivity contribution in [2.45, 2.75) is 13.8 Å². The number of carbonyl (C=O) groups is 1. The highest BCUT2D eigenvalue weighted by atomic mass is 32.1. The molecule has 0 unspecified atom stereocenters. The normalized spacial score (nSPS) is 14.8. The molecule has 2 heterocycles. The van der Waals surface area contributed by atoms with E-state index in [1.165, 1.54) is 16.2 Å². The third-order valence-corrected chi connectivity index (χ3v) is 6.60. The number of thiazole rings is 1. The van der Waals surface area contributed by atoms with E-state index in [1.54, 1.807) is 7.11 Å². The second-order valence-corrected chi connectivity index (χ2v) is 8.73. The van der Waals surface area contributed by atoms with E-state index in [1.807, 2.05) is 49.1 Å². The number of hydrogen-bond acceptors (Lipinski definition) is 5. The van der Waals surface area contributed by atoms with Crippen LogP contribution >= 0.6 is 11.3 Å². The zero-order valence-electron chi connectivity index (χ0n) is 17.7. The first kappa shape index (κ1) is 20.8. The number of fused-ring (bicyclic) bond motifs is 1. The van der Waals surface area contributed by atoms with Crippen LogP contribution in [0.1, 0.15) is 21.5 Å². The number of carbonyl (C=O) groups excluding carboxylic acids is 1. The Morgan fingerprint density at radius 1 is 1.20 bits per heavy atom. The highest BCUT2D eigenvalue weighted by Gasteiger charge is 2.25. The maximum Gasteiger partial charge on any atom is 0.260 e. The van der Waals surface area contributed by atoms with Crippen LogP contribution in [0.4, 0.5) is 5.13 Å².